The number of cyclic esters (lactones) is 6. The Kier molecular flexibility index (Phi) is 21.3. The average Bonchev–Trinajstić information content (AvgIpc) is 3.42. The Balaban J connectivity index is 1.24. The molecular formula is C62H80O14. The Bertz CT molecular complexity index is 2330. The van der Waals surface area contributed by atoms with Crippen molar-refractivity contribution in [2.45, 2.75) is 136 Å². The lowest BCUT2D eigenvalue weighted by atomic mass is 9.68. The molecule has 412 valence electrons. The zero-order valence-electron chi connectivity index (χ0n) is 45.4. The van der Waals surface area contributed by atoms with E-state index in [4.69, 9.17) is 42.6 Å². The van der Waals surface area contributed by atoms with Crippen LogP contribution in [0.3, 0.4) is 0 Å². The molecule has 7 rings (SSSR count). The van der Waals surface area contributed by atoms with Crippen molar-refractivity contribution in [3.63, 3.8) is 0 Å². The fraction of sp³-hybridized carbons (Fsp3) is 0.565. The van der Waals surface area contributed by atoms with Crippen LogP contribution in [-0.4, -0.2) is 89.9 Å². The number of ether oxygens (including phenoxy) is 9. The predicted molar refractivity (Wildman–Crippen MR) is 288 cm³/mol. The first kappa shape index (κ1) is 57.4. The zero-order valence-corrected chi connectivity index (χ0v) is 45.4. The van der Waals surface area contributed by atoms with Gasteiger partial charge in [-0.05, 0) is 159 Å². The molecule has 1 aliphatic carbocycles. The third-order valence-electron chi connectivity index (χ3n) is 15.5. The van der Waals surface area contributed by atoms with Crippen LogP contribution < -0.4 is 4.74 Å². The number of carbonyl (C=O) groups excluding carboxylic acids is 5. The summed E-state index contributed by atoms with van der Waals surface area (Å²) >= 11 is 0. The molecule has 4 fully saturated rings. The Labute approximate surface area is 449 Å². The van der Waals surface area contributed by atoms with Crippen molar-refractivity contribution in [1.29, 1.82) is 0 Å². The van der Waals surface area contributed by atoms with Crippen molar-refractivity contribution >= 4 is 30.4 Å². The van der Waals surface area contributed by atoms with Crippen molar-refractivity contribution < 1.29 is 66.6 Å². The third kappa shape index (κ3) is 16.6. The van der Waals surface area contributed by atoms with Gasteiger partial charge < -0.3 is 42.6 Å². The molecule has 0 N–H and O–H groups in total. The minimum Gasteiger partial charge on any atom is -0.492 e. The van der Waals surface area contributed by atoms with Crippen molar-refractivity contribution in [3.8, 4) is 28.0 Å². The monoisotopic (exact) mass is 1050 g/mol. The van der Waals surface area contributed by atoms with Gasteiger partial charge in [-0.15, -0.1) is 0 Å². The molecule has 14 heteroatoms. The number of carbonyl (C=O) groups is 5. The Morgan fingerprint density at radius 2 is 1.03 bits per heavy atom. The highest BCUT2D eigenvalue weighted by Gasteiger charge is 2.43. The van der Waals surface area contributed by atoms with Crippen molar-refractivity contribution in [1.82, 2.24) is 0 Å². The number of hydrogen-bond acceptors (Lipinski definition) is 14. The van der Waals surface area contributed by atoms with Crippen LogP contribution in [0.25, 0.3) is 22.3 Å². The number of esters is 2. The van der Waals surface area contributed by atoms with Gasteiger partial charge in [0.1, 0.15) is 45.4 Å². The first-order valence-corrected chi connectivity index (χ1v) is 27.8. The first-order chi connectivity index (χ1) is 36.7. The second-order valence-electron chi connectivity index (χ2n) is 21.8. The lowest BCUT2D eigenvalue weighted by Gasteiger charge is -2.42. The summed E-state index contributed by atoms with van der Waals surface area (Å²) in [6.07, 6.45) is 12.4. The maximum atomic E-state index is 12.5. The fourth-order valence-corrected chi connectivity index (χ4v) is 11.6. The molecule has 0 radical (unpaired) electrons. The topological polar surface area (TPSA) is 168 Å². The van der Waals surface area contributed by atoms with E-state index in [1.807, 2.05) is 0 Å². The van der Waals surface area contributed by atoms with Gasteiger partial charge in [0.2, 0.25) is 0 Å². The fourth-order valence-electron chi connectivity index (χ4n) is 11.6. The van der Waals surface area contributed by atoms with Gasteiger partial charge in [-0.1, -0.05) is 95.2 Å². The van der Waals surface area contributed by atoms with Crippen LogP contribution in [-0.2, 0) is 66.7 Å². The lowest BCUT2D eigenvalue weighted by molar-refractivity contribution is -0.139. The molecule has 0 aromatic heterocycles. The van der Waals surface area contributed by atoms with Crippen LogP contribution in [0, 0.1) is 29.1 Å². The van der Waals surface area contributed by atoms with Gasteiger partial charge in [0.05, 0.1) is 19.8 Å². The van der Waals surface area contributed by atoms with Crippen LogP contribution >= 0.6 is 0 Å². The SMILES string of the molecule is C=C(C)C(=O)OCCCc1cc(-c2ccc(-c3ccc(C4CCC(CCCCC)CC4)cc3)cc2CC)cc(CCCOC(=O)C(=C)C)c1OCC(CC1COC(=O)OC1)(CC1COC(=O)OC1)CC1COC(=O)OC1. The summed E-state index contributed by atoms with van der Waals surface area (Å²) in [5, 5.41) is 0. The molecule has 0 atom stereocenters. The third-order valence-corrected chi connectivity index (χ3v) is 15.5. The minimum atomic E-state index is -0.731. The van der Waals surface area contributed by atoms with Crippen LogP contribution in [0.4, 0.5) is 14.4 Å². The quantitative estimate of drug-likeness (QED) is 0.0306. The molecule has 3 aromatic rings. The summed E-state index contributed by atoms with van der Waals surface area (Å²) in [7, 11) is 0. The molecule has 4 aliphatic rings. The largest absolute Gasteiger partial charge is 0.508 e. The van der Waals surface area contributed by atoms with Crippen LogP contribution in [0.15, 0.2) is 78.9 Å². The number of hydrogen-bond donors (Lipinski definition) is 0. The summed E-state index contributed by atoms with van der Waals surface area (Å²) < 4.78 is 50.8. The minimum absolute atomic E-state index is 0.133. The molecule has 14 nitrogen and oxygen atoms in total. The van der Waals surface area contributed by atoms with Gasteiger partial charge in [-0.25, -0.2) is 24.0 Å². The van der Waals surface area contributed by atoms with Crippen LogP contribution in [0.2, 0.25) is 0 Å². The first-order valence-electron chi connectivity index (χ1n) is 27.8. The molecule has 0 amide bonds. The smallest absolute Gasteiger partial charge is 0.492 e. The van der Waals surface area contributed by atoms with Crippen molar-refractivity contribution in [3.05, 3.63) is 101 Å². The molecule has 3 heterocycles. The number of aryl methyl sites for hydroxylation is 3. The standard InChI is InChI=1S/C62H80O14/c1-7-9-10-13-43-16-18-48(19-17-43)49-20-22-50(23-21-49)51-24-25-55(47(8-2)28-51)54-29-52(14-11-26-68-57(63)41(3)4)56(53(30-54)15-12-27-69-58(64)42(5)6)76-40-62(31-44-34-70-59(65)71-35-44,32-45-36-72-60(66)73-37-45)33-46-38-74-61(67)75-39-46/h20-25,28-30,43-46,48H,3,5,7-19,26-27,31-40H2,1-2,4,6H3. The molecule has 0 spiro atoms. The second-order valence-corrected chi connectivity index (χ2v) is 21.8. The number of unbranched alkanes of at least 4 members (excludes halogenated alkanes) is 2. The molecule has 0 bridgehead atoms. The summed E-state index contributed by atoms with van der Waals surface area (Å²) in [4.78, 5) is 61.4. The molecule has 3 saturated heterocycles. The van der Waals surface area contributed by atoms with Gasteiger partial charge in [-0.3, -0.25) is 0 Å². The maximum absolute atomic E-state index is 12.5. The second kappa shape index (κ2) is 28.2. The Morgan fingerprint density at radius 1 is 0.566 bits per heavy atom. The van der Waals surface area contributed by atoms with Crippen molar-refractivity contribution in [2.75, 3.05) is 59.5 Å². The average molecular weight is 1050 g/mol. The van der Waals surface area contributed by atoms with Crippen LogP contribution in [0.1, 0.15) is 139 Å². The van der Waals surface area contributed by atoms with Gasteiger partial charge >= 0.3 is 30.4 Å². The zero-order chi connectivity index (χ0) is 54.0. The van der Waals surface area contributed by atoms with E-state index in [2.05, 4.69) is 81.6 Å². The molecule has 76 heavy (non-hydrogen) atoms. The highest BCUT2D eigenvalue weighted by atomic mass is 16.7. The van der Waals surface area contributed by atoms with E-state index in [1.165, 1.54) is 68.1 Å². The van der Waals surface area contributed by atoms with Gasteiger partial charge in [0.15, 0.2) is 0 Å². The summed E-state index contributed by atoms with van der Waals surface area (Å²) in [6, 6.07) is 20.2. The normalized spacial score (nSPS) is 18.5. The molecule has 0 unspecified atom stereocenters. The van der Waals surface area contributed by atoms with Gasteiger partial charge in [0, 0.05) is 34.3 Å². The van der Waals surface area contributed by atoms with Gasteiger partial charge in [-0.2, -0.15) is 0 Å². The highest BCUT2D eigenvalue weighted by Crippen LogP contribution is 2.45. The Hall–Kier alpha value is -6.31. The molecule has 1 saturated carbocycles. The van der Waals surface area contributed by atoms with E-state index in [0.717, 1.165) is 40.2 Å². The van der Waals surface area contributed by atoms with E-state index in [9.17, 15) is 24.0 Å². The molecular weight excluding hydrogens is 969 g/mol. The van der Waals surface area contributed by atoms with E-state index in [-0.39, 0.29) is 77.2 Å². The van der Waals surface area contributed by atoms with Gasteiger partial charge in [0.25, 0.3) is 0 Å². The molecule has 3 aliphatic heterocycles. The number of rotatable bonds is 27. The number of benzene rings is 3. The van der Waals surface area contributed by atoms with E-state index in [0.29, 0.717) is 67.8 Å². The predicted octanol–water partition coefficient (Wildman–Crippen LogP) is 13.4. The maximum Gasteiger partial charge on any atom is 0.508 e. The summed E-state index contributed by atoms with van der Waals surface area (Å²) in [5.41, 5.74) is 8.70. The van der Waals surface area contributed by atoms with E-state index in [1.54, 1.807) is 13.8 Å². The van der Waals surface area contributed by atoms with Crippen molar-refractivity contribution in [2.24, 2.45) is 29.1 Å². The Morgan fingerprint density at radius 3 is 1.47 bits per heavy atom. The summed E-state index contributed by atoms with van der Waals surface area (Å²) in [6.45, 7) is 16.4. The lowest BCUT2D eigenvalue weighted by Crippen LogP contribution is -2.43. The van der Waals surface area contributed by atoms with E-state index >= 15 is 0 Å². The summed E-state index contributed by atoms with van der Waals surface area (Å²) in [5.74, 6) is 0.554. The van der Waals surface area contributed by atoms with E-state index < -0.39 is 35.8 Å². The highest BCUT2D eigenvalue weighted by molar-refractivity contribution is 5.87. The van der Waals surface area contributed by atoms with Crippen LogP contribution in [0.5, 0.6) is 5.75 Å². The molecule has 3 aromatic carbocycles.